The summed E-state index contributed by atoms with van der Waals surface area (Å²) in [6, 6.07) is 13.4. The van der Waals surface area contributed by atoms with Crippen LogP contribution >= 0.6 is 11.8 Å². The van der Waals surface area contributed by atoms with E-state index in [2.05, 4.69) is 33.9 Å². The van der Waals surface area contributed by atoms with Crippen LogP contribution in [0.3, 0.4) is 0 Å². The topological polar surface area (TPSA) is 78.3 Å². The minimum atomic E-state index is -0.303. The standard InChI is InChI=1S/C25H32N4O3S/c1-16(2)14-29-24(19(5)32-21-12-10-20(31-6)11-13-21)27-28-25(29)33-15-22(30)26-23-17(3)8-7-9-18(23)4/h7-13,16,19H,14-15H2,1-6H3,(H,26,30). The lowest BCUT2D eigenvalue weighted by molar-refractivity contribution is -0.113. The van der Waals surface area contributed by atoms with E-state index in [9.17, 15) is 4.79 Å². The predicted octanol–water partition coefficient (Wildman–Crippen LogP) is 5.43. The Hall–Kier alpha value is -3.00. The fourth-order valence-corrected chi connectivity index (χ4v) is 4.23. The molecular formula is C25H32N4O3S. The highest BCUT2D eigenvalue weighted by Crippen LogP contribution is 2.27. The number of carbonyl (C=O) groups is 1. The number of methoxy groups -OCH3 is 1. The molecule has 0 saturated carbocycles. The fraction of sp³-hybridized carbons (Fsp3) is 0.400. The van der Waals surface area contributed by atoms with Gasteiger partial charge in [-0.25, -0.2) is 0 Å². The van der Waals surface area contributed by atoms with Crippen LogP contribution in [0.1, 0.15) is 43.8 Å². The highest BCUT2D eigenvalue weighted by molar-refractivity contribution is 7.99. The van der Waals surface area contributed by atoms with Crippen molar-refractivity contribution in [3.05, 3.63) is 59.4 Å². The molecule has 2 aromatic carbocycles. The number of aryl methyl sites for hydroxylation is 2. The van der Waals surface area contributed by atoms with E-state index < -0.39 is 0 Å². The summed E-state index contributed by atoms with van der Waals surface area (Å²) in [4.78, 5) is 12.6. The summed E-state index contributed by atoms with van der Waals surface area (Å²) >= 11 is 1.38. The first-order chi connectivity index (χ1) is 15.8. The normalized spacial score (nSPS) is 12.0. The third kappa shape index (κ3) is 6.51. The van der Waals surface area contributed by atoms with Crippen LogP contribution in [-0.4, -0.2) is 33.5 Å². The van der Waals surface area contributed by atoms with Crippen molar-refractivity contribution in [3.8, 4) is 11.5 Å². The number of rotatable bonds is 10. The molecule has 0 spiro atoms. The lowest BCUT2D eigenvalue weighted by Gasteiger charge is -2.18. The molecule has 3 rings (SSSR count). The van der Waals surface area contributed by atoms with E-state index in [4.69, 9.17) is 9.47 Å². The van der Waals surface area contributed by atoms with Crippen LogP contribution < -0.4 is 14.8 Å². The molecule has 0 radical (unpaired) electrons. The van der Waals surface area contributed by atoms with E-state index in [1.807, 2.05) is 63.2 Å². The number of anilines is 1. The van der Waals surface area contributed by atoms with Gasteiger partial charge in [-0.3, -0.25) is 4.79 Å². The first-order valence-corrected chi connectivity index (χ1v) is 12.0. The maximum atomic E-state index is 12.6. The van der Waals surface area contributed by atoms with Gasteiger partial charge in [0.05, 0.1) is 12.9 Å². The lowest BCUT2D eigenvalue weighted by Crippen LogP contribution is -2.18. The van der Waals surface area contributed by atoms with Gasteiger partial charge in [-0.1, -0.05) is 43.8 Å². The molecule has 0 aliphatic heterocycles. The fourth-order valence-electron chi connectivity index (χ4n) is 3.47. The lowest BCUT2D eigenvalue weighted by atomic mass is 10.1. The van der Waals surface area contributed by atoms with Crippen molar-refractivity contribution in [2.75, 3.05) is 18.2 Å². The van der Waals surface area contributed by atoms with Gasteiger partial charge in [-0.2, -0.15) is 0 Å². The van der Waals surface area contributed by atoms with Crippen LogP contribution in [0.15, 0.2) is 47.6 Å². The van der Waals surface area contributed by atoms with Crippen molar-refractivity contribution in [1.82, 2.24) is 14.8 Å². The monoisotopic (exact) mass is 468 g/mol. The zero-order valence-electron chi connectivity index (χ0n) is 20.1. The first-order valence-electron chi connectivity index (χ1n) is 11.0. The number of nitrogens with zero attached hydrogens (tertiary/aromatic N) is 3. The molecule has 176 valence electrons. The van der Waals surface area contributed by atoms with Crippen LogP contribution in [0.4, 0.5) is 5.69 Å². The molecule has 0 bridgehead atoms. The average molecular weight is 469 g/mol. The second-order valence-corrected chi connectivity index (χ2v) is 9.33. The second-order valence-electron chi connectivity index (χ2n) is 8.38. The zero-order chi connectivity index (χ0) is 24.0. The van der Waals surface area contributed by atoms with Gasteiger partial charge in [0, 0.05) is 12.2 Å². The Morgan fingerprint density at radius 2 is 1.67 bits per heavy atom. The summed E-state index contributed by atoms with van der Waals surface area (Å²) in [6.45, 7) is 10.9. The van der Waals surface area contributed by atoms with Crippen molar-refractivity contribution >= 4 is 23.4 Å². The number of aromatic nitrogens is 3. The smallest absolute Gasteiger partial charge is 0.234 e. The third-order valence-corrected chi connectivity index (χ3v) is 6.07. The van der Waals surface area contributed by atoms with E-state index in [0.717, 1.165) is 40.7 Å². The van der Waals surface area contributed by atoms with E-state index in [1.54, 1.807) is 7.11 Å². The first kappa shape index (κ1) is 24.6. The molecule has 1 amide bonds. The Labute approximate surface area is 199 Å². The molecule has 1 heterocycles. The number of ether oxygens (including phenoxy) is 2. The number of amides is 1. The Morgan fingerprint density at radius 3 is 2.27 bits per heavy atom. The second kappa shape index (κ2) is 11.2. The summed E-state index contributed by atoms with van der Waals surface area (Å²) in [6.07, 6.45) is -0.303. The Morgan fingerprint density at radius 1 is 1.03 bits per heavy atom. The molecule has 3 aromatic rings. The molecule has 1 unspecified atom stereocenters. The van der Waals surface area contributed by atoms with E-state index in [-0.39, 0.29) is 17.8 Å². The minimum absolute atomic E-state index is 0.0689. The molecule has 0 aliphatic rings. The van der Waals surface area contributed by atoms with Crippen LogP contribution in [0.5, 0.6) is 11.5 Å². The van der Waals surface area contributed by atoms with E-state index >= 15 is 0 Å². The highest BCUT2D eigenvalue weighted by Gasteiger charge is 2.21. The largest absolute Gasteiger partial charge is 0.497 e. The van der Waals surface area contributed by atoms with Crippen molar-refractivity contribution < 1.29 is 14.3 Å². The maximum absolute atomic E-state index is 12.6. The van der Waals surface area contributed by atoms with E-state index in [0.29, 0.717) is 11.1 Å². The summed E-state index contributed by atoms with van der Waals surface area (Å²) in [5.74, 6) is 2.80. The SMILES string of the molecule is COc1ccc(OC(C)c2nnc(SCC(=O)Nc3c(C)cccc3C)n2CC(C)C)cc1. The van der Waals surface area contributed by atoms with Crippen LogP contribution in [0, 0.1) is 19.8 Å². The molecule has 7 nitrogen and oxygen atoms in total. The molecule has 0 saturated heterocycles. The zero-order valence-corrected chi connectivity index (χ0v) is 20.9. The van der Waals surface area contributed by atoms with Gasteiger partial charge in [0.25, 0.3) is 0 Å². The van der Waals surface area contributed by atoms with Crippen molar-refractivity contribution in [1.29, 1.82) is 0 Å². The van der Waals surface area contributed by atoms with Crippen LogP contribution in [0.2, 0.25) is 0 Å². The van der Waals surface area contributed by atoms with Gasteiger partial charge < -0.3 is 19.4 Å². The number of thioether (sulfide) groups is 1. The van der Waals surface area contributed by atoms with Gasteiger partial charge in [-0.05, 0) is 62.1 Å². The molecule has 1 atom stereocenters. The summed E-state index contributed by atoms with van der Waals surface area (Å²) in [5.41, 5.74) is 2.96. The molecule has 1 N–H and O–H groups in total. The highest BCUT2D eigenvalue weighted by atomic mass is 32.2. The molecule has 0 fully saturated rings. The summed E-state index contributed by atoms with van der Waals surface area (Å²) in [5, 5.41) is 12.5. The molecule has 33 heavy (non-hydrogen) atoms. The van der Waals surface area contributed by atoms with Gasteiger partial charge in [-0.15, -0.1) is 10.2 Å². The number of nitrogens with one attached hydrogen (secondary N) is 1. The van der Waals surface area contributed by atoms with Crippen molar-refractivity contribution in [2.24, 2.45) is 5.92 Å². The number of hydrogen-bond donors (Lipinski definition) is 1. The summed E-state index contributed by atoms with van der Waals surface area (Å²) in [7, 11) is 1.63. The summed E-state index contributed by atoms with van der Waals surface area (Å²) < 4.78 is 13.4. The number of hydrogen-bond acceptors (Lipinski definition) is 6. The average Bonchev–Trinajstić information content (AvgIpc) is 3.17. The Balaban J connectivity index is 1.71. The third-order valence-electron chi connectivity index (χ3n) is 5.11. The number of carbonyl (C=O) groups excluding carboxylic acids is 1. The maximum Gasteiger partial charge on any atom is 0.234 e. The van der Waals surface area contributed by atoms with Crippen LogP contribution in [0.25, 0.3) is 0 Å². The molecule has 1 aromatic heterocycles. The van der Waals surface area contributed by atoms with Crippen molar-refractivity contribution in [2.45, 2.75) is 52.4 Å². The van der Waals surface area contributed by atoms with Gasteiger partial charge in [0.2, 0.25) is 5.91 Å². The quantitative estimate of drug-likeness (QED) is 0.400. The van der Waals surface area contributed by atoms with Crippen LogP contribution in [-0.2, 0) is 11.3 Å². The number of para-hydroxylation sites is 1. The Bertz CT molecular complexity index is 1060. The molecule has 0 aliphatic carbocycles. The van der Waals surface area contributed by atoms with Gasteiger partial charge >= 0.3 is 0 Å². The van der Waals surface area contributed by atoms with Crippen molar-refractivity contribution in [3.63, 3.8) is 0 Å². The van der Waals surface area contributed by atoms with Gasteiger partial charge in [0.15, 0.2) is 17.1 Å². The van der Waals surface area contributed by atoms with Gasteiger partial charge in [0.1, 0.15) is 11.5 Å². The number of benzene rings is 2. The predicted molar refractivity (Wildman–Crippen MR) is 132 cm³/mol. The minimum Gasteiger partial charge on any atom is -0.497 e. The van der Waals surface area contributed by atoms with E-state index in [1.165, 1.54) is 11.8 Å². The molecular weight excluding hydrogens is 436 g/mol. The Kier molecular flexibility index (Phi) is 8.38. The molecule has 8 heteroatoms.